The van der Waals surface area contributed by atoms with Gasteiger partial charge in [0.1, 0.15) is 0 Å². The summed E-state index contributed by atoms with van der Waals surface area (Å²) in [6.45, 7) is 4.47. The largest absolute Gasteiger partial charge is 0.465 e. The molecule has 24 heavy (non-hydrogen) atoms. The number of aromatic nitrogens is 2. The molecule has 0 spiro atoms. The van der Waals surface area contributed by atoms with Gasteiger partial charge in [0, 0.05) is 11.6 Å². The number of hydrogen-bond donors (Lipinski definition) is 0. The summed E-state index contributed by atoms with van der Waals surface area (Å²) < 4.78 is 6.87. The topological polar surface area (TPSA) is 44.1 Å². The van der Waals surface area contributed by atoms with E-state index < -0.39 is 0 Å². The van der Waals surface area contributed by atoms with Crippen LogP contribution in [0.3, 0.4) is 0 Å². The Kier molecular flexibility index (Phi) is 7.29. The zero-order valence-electron chi connectivity index (χ0n) is 15.3. The van der Waals surface area contributed by atoms with Crippen LogP contribution in [0, 0.1) is 0 Å². The van der Waals surface area contributed by atoms with Crippen molar-refractivity contribution in [2.45, 2.75) is 71.3 Å². The van der Waals surface area contributed by atoms with E-state index in [4.69, 9.17) is 9.84 Å². The minimum Gasteiger partial charge on any atom is -0.465 e. The Balaban J connectivity index is 1.99. The van der Waals surface area contributed by atoms with E-state index in [1.54, 1.807) is 6.07 Å². The Labute approximate surface area is 145 Å². The lowest BCUT2D eigenvalue weighted by Crippen LogP contribution is -2.08. The summed E-state index contributed by atoms with van der Waals surface area (Å²) >= 11 is 0. The second kappa shape index (κ2) is 9.45. The van der Waals surface area contributed by atoms with Crippen LogP contribution >= 0.6 is 0 Å². The third-order valence-corrected chi connectivity index (χ3v) is 4.68. The van der Waals surface area contributed by atoms with E-state index in [2.05, 4.69) is 24.7 Å². The van der Waals surface area contributed by atoms with Crippen molar-refractivity contribution in [2.24, 2.45) is 0 Å². The summed E-state index contributed by atoms with van der Waals surface area (Å²) in [6, 6.07) is 5.97. The predicted molar refractivity (Wildman–Crippen MR) is 98.4 cm³/mol. The summed E-state index contributed by atoms with van der Waals surface area (Å²) in [5.74, 6) is -0.302. The van der Waals surface area contributed by atoms with Gasteiger partial charge >= 0.3 is 5.97 Å². The number of nitrogens with zero attached hydrogens (tertiary/aromatic N) is 2. The Morgan fingerprint density at radius 1 is 1.17 bits per heavy atom. The van der Waals surface area contributed by atoms with E-state index in [0.29, 0.717) is 11.6 Å². The van der Waals surface area contributed by atoms with Crippen LogP contribution in [-0.2, 0) is 4.74 Å². The van der Waals surface area contributed by atoms with Crippen molar-refractivity contribution in [1.29, 1.82) is 0 Å². The predicted octanol–water partition coefficient (Wildman–Crippen LogP) is 5.52. The fraction of sp³-hybridized carbons (Fsp3) is 0.600. The van der Waals surface area contributed by atoms with Gasteiger partial charge in [0.15, 0.2) is 0 Å². The third kappa shape index (κ3) is 4.83. The highest BCUT2D eigenvalue weighted by Gasteiger charge is 2.13. The number of hydrogen-bond acceptors (Lipinski definition) is 3. The van der Waals surface area contributed by atoms with Gasteiger partial charge in [-0.25, -0.2) is 4.79 Å². The maximum atomic E-state index is 11.7. The van der Waals surface area contributed by atoms with Crippen molar-refractivity contribution in [3.63, 3.8) is 0 Å². The molecule has 4 nitrogen and oxygen atoms in total. The van der Waals surface area contributed by atoms with Crippen molar-refractivity contribution in [3.8, 4) is 0 Å². The molecule has 0 amide bonds. The Morgan fingerprint density at radius 2 is 1.92 bits per heavy atom. The van der Waals surface area contributed by atoms with Gasteiger partial charge in [-0.2, -0.15) is 5.10 Å². The molecule has 1 aromatic carbocycles. The summed E-state index contributed by atoms with van der Waals surface area (Å²) in [6.07, 6.45) is 12.2. The second-order valence-corrected chi connectivity index (χ2v) is 6.49. The highest BCUT2D eigenvalue weighted by molar-refractivity contribution is 5.94. The van der Waals surface area contributed by atoms with Crippen LogP contribution in [-0.4, -0.2) is 22.9 Å². The van der Waals surface area contributed by atoms with E-state index in [9.17, 15) is 4.79 Å². The Morgan fingerprint density at radius 3 is 2.62 bits per heavy atom. The number of methoxy groups -OCH3 is 1. The monoisotopic (exact) mass is 330 g/mol. The average molecular weight is 330 g/mol. The van der Waals surface area contributed by atoms with Gasteiger partial charge in [-0.15, -0.1) is 0 Å². The molecule has 0 radical (unpaired) electrons. The minimum absolute atomic E-state index is 0.302. The molecule has 0 bridgehead atoms. The molecule has 0 aliphatic rings. The molecule has 1 heterocycles. The molecule has 2 rings (SSSR count). The highest BCUT2D eigenvalue weighted by Crippen LogP contribution is 2.23. The average Bonchev–Trinajstić information content (AvgIpc) is 3.03. The summed E-state index contributed by atoms with van der Waals surface area (Å²) in [5.41, 5.74) is 1.51. The second-order valence-electron chi connectivity index (χ2n) is 6.49. The number of rotatable bonds is 10. The van der Waals surface area contributed by atoms with Crippen molar-refractivity contribution in [3.05, 3.63) is 30.0 Å². The normalized spacial score (nSPS) is 12.5. The van der Waals surface area contributed by atoms with Crippen LogP contribution in [0.5, 0.6) is 0 Å². The number of esters is 1. The van der Waals surface area contributed by atoms with Crippen LogP contribution in [0.4, 0.5) is 0 Å². The lowest BCUT2D eigenvalue weighted by Gasteiger charge is -2.15. The molecule has 0 N–H and O–H groups in total. The van der Waals surface area contributed by atoms with Crippen molar-refractivity contribution >= 4 is 16.9 Å². The maximum absolute atomic E-state index is 11.7. The molecule has 132 valence electrons. The van der Waals surface area contributed by atoms with E-state index in [0.717, 1.165) is 17.3 Å². The molecule has 0 aliphatic carbocycles. The molecule has 0 fully saturated rings. The smallest absolute Gasteiger partial charge is 0.337 e. The molecular weight excluding hydrogens is 300 g/mol. The molecule has 0 aliphatic heterocycles. The van der Waals surface area contributed by atoms with E-state index in [1.807, 2.05) is 12.1 Å². The third-order valence-electron chi connectivity index (χ3n) is 4.68. The minimum atomic E-state index is -0.302. The van der Waals surface area contributed by atoms with Crippen LogP contribution < -0.4 is 0 Å². The Hall–Kier alpha value is -1.84. The molecular formula is C20H30N2O2. The van der Waals surface area contributed by atoms with Gasteiger partial charge in [0.05, 0.1) is 24.2 Å². The fourth-order valence-electron chi connectivity index (χ4n) is 3.16. The first kappa shape index (κ1) is 18.5. The maximum Gasteiger partial charge on any atom is 0.337 e. The first-order valence-electron chi connectivity index (χ1n) is 9.26. The van der Waals surface area contributed by atoms with Crippen LogP contribution in [0.2, 0.25) is 0 Å². The zero-order chi connectivity index (χ0) is 17.4. The summed E-state index contributed by atoms with van der Waals surface area (Å²) in [5, 5.41) is 5.70. The van der Waals surface area contributed by atoms with Gasteiger partial charge in [0.2, 0.25) is 0 Å². The zero-order valence-corrected chi connectivity index (χ0v) is 15.3. The number of ether oxygens (including phenoxy) is 1. The molecule has 1 aromatic heterocycles. The van der Waals surface area contributed by atoms with Gasteiger partial charge in [-0.3, -0.25) is 4.68 Å². The van der Waals surface area contributed by atoms with Crippen LogP contribution in [0.25, 0.3) is 10.9 Å². The Bertz CT molecular complexity index is 648. The lowest BCUT2D eigenvalue weighted by atomic mass is 10.0. The summed E-state index contributed by atoms with van der Waals surface area (Å²) in [7, 11) is 1.41. The van der Waals surface area contributed by atoms with E-state index in [-0.39, 0.29) is 5.97 Å². The molecule has 4 heteroatoms. The number of carbonyl (C=O) groups is 1. The van der Waals surface area contributed by atoms with Gasteiger partial charge < -0.3 is 4.74 Å². The lowest BCUT2D eigenvalue weighted by molar-refractivity contribution is 0.0601. The molecule has 1 atom stereocenters. The first-order chi connectivity index (χ1) is 11.7. The molecule has 0 saturated heterocycles. The molecule has 2 aromatic rings. The van der Waals surface area contributed by atoms with E-state index >= 15 is 0 Å². The molecule has 0 saturated carbocycles. The van der Waals surface area contributed by atoms with E-state index in [1.165, 1.54) is 52.1 Å². The van der Waals surface area contributed by atoms with Crippen molar-refractivity contribution < 1.29 is 9.53 Å². The quantitative estimate of drug-likeness (QED) is 0.425. The number of benzene rings is 1. The highest BCUT2D eigenvalue weighted by atomic mass is 16.5. The van der Waals surface area contributed by atoms with Crippen molar-refractivity contribution in [2.75, 3.05) is 7.11 Å². The first-order valence-corrected chi connectivity index (χ1v) is 9.26. The fourth-order valence-corrected chi connectivity index (χ4v) is 3.16. The van der Waals surface area contributed by atoms with Crippen LogP contribution in [0.1, 0.15) is 81.6 Å². The standard InChI is InChI=1S/C20H30N2O2/c1-4-6-7-8-9-10-11-18(5-2)22-15-17-14-16(20(23)24-3)12-13-19(17)21-22/h12-15,18H,4-11H2,1-3H3. The van der Waals surface area contributed by atoms with Gasteiger partial charge in [-0.05, 0) is 31.0 Å². The number of fused-ring (bicyclic) bond motifs is 1. The number of unbranched alkanes of at least 4 members (excludes halogenated alkanes) is 5. The van der Waals surface area contributed by atoms with Gasteiger partial charge in [0.25, 0.3) is 0 Å². The summed E-state index contributed by atoms with van der Waals surface area (Å²) in [4.78, 5) is 11.7. The van der Waals surface area contributed by atoms with Gasteiger partial charge in [-0.1, -0.05) is 52.4 Å². The van der Waals surface area contributed by atoms with Crippen molar-refractivity contribution in [1.82, 2.24) is 9.78 Å². The SMILES string of the molecule is CCCCCCCCC(CC)n1cc2cc(C(=O)OC)ccc2n1. The van der Waals surface area contributed by atoms with Crippen LogP contribution in [0.15, 0.2) is 24.4 Å². The molecule has 1 unspecified atom stereocenters. The number of carbonyl (C=O) groups excluding carboxylic acids is 1.